The van der Waals surface area contributed by atoms with E-state index in [0.29, 0.717) is 0 Å². The van der Waals surface area contributed by atoms with Gasteiger partial charge in [-0.3, -0.25) is 4.79 Å². The van der Waals surface area contributed by atoms with Gasteiger partial charge in [0.2, 0.25) is 0 Å². The van der Waals surface area contributed by atoms with Gasteiger partial charge in [-0.1, -0.05) is 0 Å². The van der Waals surface area contributed by atoms with E-state index in [1.165, 1.54) is 11.8 Å². The molecule has 0 spiro atoms. The Morgan fingerprint density at radius 3 is 2.50 bits per heavy atom. The predicted molar refractivity (Wildman–Crippen MR) is 65.6 cm³/mol. The van der Waals surface area contributed by atoms with Crippen molar-refractivity contribution in [3.63, 3.8) is 0 Å². The van der Waals surface area contributed by atoms with Crippen molar-refractivity contribution in [1.82, 2.24) is 0 Å². The Morgan fingerprint density at radius 1 is 1.38 bits per heavy atom. The van der Waals surface area contributed by atoms with Crippen LogP contribution in [0.4, 0.5) is 0 Å². The number of hydrogen-bond donors (Lipinski definition) is 1. The third kappa shape index (κ3) is 2.70. The van der Waals surface area contributed by atoms with Crippen LogP contribution in [0.1, 0.15) is 16.7 Å². The third-order valence-electron chi connectivity index (χ3n) is 2.54. The highest BCUT2D eigenvalue weighted by atomic mass is 32.2. The summed E-state index contributed by atoms with van der Waals surface area (Å²) in [5.74, 6) is 0.153. The molecule has 0 radical (unpaired) electrons. The first-order valence-electron chi connectivity index (χ1n) is 4.96. The highest BCUT2D eigenvalue weighted by molar-refractivity contribution is 8.00. The maximum atomic E-state index is 10.6. The number of hydrogen-bond acceptors (Lipinski definition) is 3. The van der Waals surface area contributed by atoms with Crippen LogP contribution in [0.15, 0.2) is 11.0 Å². The van der Waals surface area contributed by atoms with Crippen molar-refractivity contribution in [3.8, 4) is 5.75 Å². The summed E-state index contributed by atoms with van der Waals surface area (Å²) in [5, 5.41) is 8.68. The molecule has 3 nitrogen and oxygen atoms in total. The molecule has 0 saturated heterocycles. The van der Waals surface area contributed by atoms with E-state index in [1.54, 1.807) is 7.11 Å². The smallest absolute Gasteiger partial charge is 0.313 e. The Labute approximate surface area is 99.8 Å². The minimum absolute atomic E-state index is 0.0907. The SMILES string of the molecule is COc1cc(C)c(SCC(=O)O)c(C)c1C. The summed E-state index contributed by atoms with van der Waals surface area (Å²) < 4.78 is 5.26. The average molecular weight is 240 g/mol. The molecule has 0 heterocycles. The standard InChI is InChI=1S/C12H16O3S/c1-7-5-10(15-4)8(2)9(3)12(7)16-6-11(13)14/h5H,6H2,1-4H3,(H,13,14). The molecule has 0 unspecified atom stereocenters. The predicted octanol–water partition coefficient (Wildman–Crippen LogP) is 2.80. The van der Waals surface area contributed by atoms with Gasteiger partial charge < -0.3 is 9.84 Å². The Balaban J connectivity index is 3.10. The Bertz CT molecular complexity index is 413. The van der Waals surface area contributed by atoms with Crippen LogP contribution in [0, 0.1) is 20.8 Å². The molecule has 0 fully saturated rings. The van der Waals surface area contributed by atoms with Gasteiger partial charge in [0, 0.05) is 4.90 Å². The normalized spacial score (nSPS) is 10.2. The van der Waals surface area contributed by atoms with E-state index in [2.05, 4.69) is 0 Å². The number of aliphatic carboxylic acids is 1. The molecule has 0 bridgehead atoms. The molecule has 1 aromatic carbocycles. The third-order valence-corrected chi connectivity index (χ3v) is 3.85. The van der Waals surface area contributed by atoms with Crippen LogP contribution >= 0.6 is 11.8 Å². The molecular formula is C12H16O3S. The first-order valence-corrected chi connectivity index (χ1v) is 5.95. The minimum Gasteiger partial charge on any atom is -0.496 e. The fraction of sp³-hybridized carbons (Fsp3) is 0.417. The molecule has 1 rings (SSSR count). The first kappa shape index (κ1) is 12.9. The van der Waals surface area contributed by atoms with Gasteiger partial charge in [-0.25, -0.2) is 0 Å². The Kier molecular flexibility index (Phi) is 4.24. The summed E-state index contributed by atoms with van der Waals surface area (Å²) in [6.45, 7) is 5.95. The van der Waals surface area contributed by atoms with Gasteiger partial charge in [0.25, 0.3) is 0 Å². The van der Waals surface area contributed by atoms with Crippen LogP contribution in [-0.4, -0.2) is 23.9 Å². The van der Waals surface area contributed by atoms with Crippen LogP contribution in [0.25, 0.3) is 0 Å². The fourth-order valence-corrected chi connectivity index (χ4v) is 2.51. The molecule has 4 heteroatoms. The van der Waals surface area contributed by atoms with Gasteiger partial charge in [0.1, 0.15) is 5.75 Å². The zero-order valence-corrected chi connectivity index (χ0v) is 10.8. The number of carboxylic acid groups (broad SMARTS) is 1. The van der Waals surface area contributed by atoms with Crippen molar-refractivity contribution in [1.29, 1.82) is 0 Å². The number of carboxylic acids is 1. The van der Waals surface area contributed by atoms with E-state index in [0.717, 1.165) is 27.3 Å². The van der Waals surface area contributed by atoms with Crippen LogP contribution in [-0.2, 0) is 4.79 Å². The molecule has 0 amide bonds. The second-order valence-corrected chi connectivity index (χ2v) is 4.64. The number of ether oxygens (including phenoxy) is 1. The lowest BCUT2D eigenvalue weighted by atomic mass is 10.1. The van der Waals surface area contributed by atoms with Crippen molar-refractivity contribution in [3.05, 3.63) is 22.8 Å². The monoisotopic (exact) mass is 240 g/mol. The zero-order valence-electron chi connectivity index (χ0n) is 9.96. The molecule has 0 saturated carbocycles. The van der Waals surface area contributed by atoms with Gasteiger partial charge in [-0.2, -0.15) is 0 Å². The van der Waals surface area contributed by atoms with Gasteiger partial charge in [-0.05, 0) is 43.5 Å². The van der Waals surface area contributed by atoms with E-state index in [1.807, 2.05) is 26.8 Å². The number of thioether (sulfide) groups is 1. The van der Waals surface area contributed by atoms with Crippen molar-refractivity contribution >= 4 is 17.7 Å². The first-order chi connectivity index (χ1) is 7.47. The Morgan fingerprint density at radius 2 is 2.00 bits per heavy atom. The molecule has 0 aliphatic rings. The summed E-state index contributed by atoms with van der Waals surface area (Å²) in [4.78, 5) is 11.6. The zero-order chi connectivity index (χ0) is 12.3. The van der Waals surface area contributed by atoms with Crippen LogP contribution < -0.4 is 4.74 Å². The summed E-state index contributed by atoms with van der Waals surface area (Å²) in [6, 6.07) is 1.95. The summed E-state index contributed by atoms with van der Waals surface area (Å²) in [7, 11) is 1.64. The maximum Gasteiger partial charge on any atom is 0.313 e. The van der Waals surface area contributed by atoms with Crippen molar-refractivity contribution in [2.45, 2.75) is 25.7 Å². The number of methoxy groups -OCH3 is 1. The molecule has 88 valence electrons. The van der Waals surface area contributed by atoms with Gasteiger partial charge in [-0.15, -0.1) is 11.8 Å². The second kappa shape index (κ2) is 5.25. The maximum absolute atomic E-state index is 10.6. The van der Waals surface area contributed by atoms with E-state index in [9.17, 15) is 4.79 Å². The lowest BCUT2D eigenvalue weighted by molar-refractivity contribution is -0.133. The molecule has 16 heavy (non-hydrogen) atoms. The summed E-state index contributed by atoms with van der Waals surface area (Å²) >= 11 is 1.36. The topological polar surface area (TPSA) is 46.5 Å². The minimum atomic E-state index is -0.794. The van der Waals surface area contributed by atoms with Crippen molar-refractivity contribution in [2.24, 2.45) is 0 Å². The lowest BCUT2D eigenvalue weighted by Gasteiger charge is -2.14. The fourth-order valence-electron chi connectivity index (χ4n) is 1.59. The molecule has 0 atom stereocenters. The number of rotatable bonds is 4. The molecule has 1 aromatic rings. The summed E-state index contributed by atoms with van der Waals surface area (Å²) in [6.07, 6.45) is 0. The van der Waals surface area contributed by atoms with Crippen molar-refractivity contribution < 1.29 is 14.6 Å². The molecule has 0 aliphatic carbocycles. The summed E-state index contributed by atoms with van der Waals surface area (Å²) in [5.41, 5.74) is 3.23. The molecule has 0 aliphatic heterocycles. The van der Waals surface area contributed by atoms with Gasteiger partial charge in [0.05, 0.1) is 12.9 Å². The van der Waals surface area contributed by atoms with Crippen LogP contribution in [0.3, 0.4) is 0 Å². The van der Waals surface area contributed by atoms with Crippen LogP contribution in [0.2, 0.25) is 0 Å². The van der Waals surface area contributed by atoms with Gasteiger partial charge >= 0.3 is 5.97 Å². The lowest BCUT2D eigenvalue weighted by Crippen LogP contribution is -2.00. The highest BCUT2D eigenvalue weighted by Crippen LogP contribution is 2.33. The van der Waals surface area contributed by atoms with E-state index >= 15 is 0 Å². The van der Waals surface area contributed by atoms with E-state index in [-0.39, 0.29) is 5.75 Å². The molecular weight excluding hydrogens is 224 g/mol. The van der Waals surface area contributed by atoms with Crippen molar-refractivity contribution in [2.75, 3.05) is 12.9 Å². The number of benzene rings is 1. The molecule has 0 aromatic heterocycles. The number of aryl methyl sites for hydroxylation is 1. The van der Waals surface area contributed by atoms with Gasteiger partial charge in [0.15, 0.2) is 0 Å². The number of carbonyl (C=O) groups is 1. The average Bonchev–Trinajstić information content (AvgIpc) is 2.22. The van der Waals surface area contributed by atoms with Crippen LogP contribution in [0.5, 0.6) is 5.75 Å². The molecule has 1 N–H and O–H groups in total. The second-order valence-electron chi connectivity index (χ2n) is 3.66. The largest absolute Gasteiger partial charge is 0.496 e. The van der Waals surface area contributed by atoms with E-state index in [4.69, 9.17) is 9.84 Å². The quantitative estimate of drug-likeness (QED) is 0.822. The Hall–Kier alpha value is -1.16. The highest BCUT2D eigenvalue weighted by Gasteiger charge is 2.12. The van der Waals surface area contributed by atoms with E-state index < -0.39 is 5.97 Å².